The minimum atomic E-state index is -1.27. The van der Waals surface area contributed by atoms with Gasteiger partial charge >= 0.3 is 5.97 Å². The molecule has 1 aromatic rings. The molecule has 0 radical (unpaired) electrons. The summed E-state index contributed by atoms with van der Waals surface area (Å²) in [6, 6.07) is 7.90. The van der Waals surface area contributed by atoms with Gasteiger partial charge in [-0.25, -0.2) is 4.79 Å². The second kappa shape index (κ2) is 6.37. The predicted octanol–water partition coefficient (Wildman–Crippen LogP) is 2.80. The molecule has 0 unspecified atom stereocenters. The van der Waals surface area contributed by atoms with Gasteiger partial charge < -0.3 is 10.4 Å². The first-order chi connectivity index (χ1) is 9.22. The van der Waals surface area contributed by atoms with Crippen LogP contribution in [0.1, 0.15) is 44.7 Å². The maximum absolute atomic E-state index is 11.7. The van der Waals surface area contributed by atoms with Gasteiger partial charge in [0.05, 0.1) is 0 Å². The van der Waals surface area contributed by atoms with E-state index in [-0.39, 0.29) is 0 Å². The van der Waals surface area contributed by atoms with E-state index in [0.29, 0.717) is 5.92 Å². The number of carboxylic acids is 1. The monoisotopic (exact) mass is 275 g/mol. The highest BCUT2D eigenvalue weighted by molar-refractivity contribution is 5.95. The number of hydrogen-bond donors (Lipinski definition) is 2. The van der Waals surface area contributed by atoms with Gasteiger partial charge in [0.25, 0.3) is 0 Å². The maximum Gasteiger partial charge on any atom is 0.328 e. The second-order valence-electron chi connectivity index (χ2n) is 5.57. The topological polar surface area (TPSA) is 66.4 Å². The van der Waals surface area contributed by atoms with Crippen LogP contribution in [0.4, 0.5) is 0 Å². The highest BCUT2D eigenvalue weighted by Gasteiger charge is 2.27. The summed E-state index contributed by atoms with van der Waals surface area (Å²) in [6.45, 7) is 7.12. The summed E-state index contributed by atoms with van der Waals surface area (Å²) < 4.78 is 0. The van der Waals surface area contributed by atoms with Crippen LogP contribution < -0.4 is 5.32 Å². The molecule has 0 aliphatic heterocycles. The van der Waals surface area contributed by atoms with Crippen molar-refractivity contribution in [2.75, 3.05) is 0 Å². The minimum Gasteiger partial charge on any atom is -0.480 e. The molecule has 0 spiro atoms. The van der Waals surface area contributed by atoms with Crippen LogP contribution in [-0.2, 0) is 9.59 Å². The Kier molecular flexibility index (Phi) is 5.08. The molecule has 108 valence electrons. The van der Waals surface area contributed by atoms with Crippen LogP contribution in [0.5, 0.6) is 0 Å². The molecule has 0 saturated carbocycles. The average Bonchev–Trinajstić information content (AvgIpc) is 2.36. The molecule has 0 aromatic heterocycles. The van der Waals surface area contributed by atoms with Crippen LogP contribution in [0.2, 0.25) is 0 Å². The van der Waals surface area contributed by atoms with Crippen molar-refractivity contribution < 1.29 is 14.7 Å². The Labute approximate surface area is 119 Å². The van der Waals surface area contributed by atoms with E-state index < -0.39 is 17.4 Å². The molecule has 1 aromatic carbocycles. The van der Waals surface area contributed by atoms with Crippen molar-refractivity contribution in [3.8, 4) is 0 Å². The second-order valence-corrected chi connectivity index (χ2v) is 5.57. The Hall–Kier alpha value is -2.10. The molecule has 4 heteroatoms. The van der Waals surface area contributed by atoms with Gasteiger partial charge in [0, 0.05) is 6.08 Å². The van der Waals surface area contributed by atoms with Crippen molar-refractivity contribution in [2.45, 2.75) is 39.2 Å². The number of rotatable bonds is 5. The van der Waals surface area contributed by atoms with Crippen LogP contribution in [0.15, 0.2) is 30.3 Å². The summed E-state index contributed by atoms with van der Waals surface area (Å²) in [5, 5.41) is 11.3. The van der Waals surface area contributed by atoms with Crippen LogP contribution in [-0.4, -0.2) is 22.5 Å². The Morgan fingerprint density at radius 1 is 1.20 bits per heavy atom. The van der Waals surface area contributed by atoms with Crippen molar-refractivity contribution >= 4 is 18.0 Å². The third-order valence-corrected chi connectivity index (χ3v) is 3.00. The Balaban J connectivity index is 2.68. The van der Waals surface area contributed by atoms with Crippen LogP contribution in [0, 0.1) is 0 Å². The average molecular weight is 275 g/mol. The number of nitrogens with one attached hydrogen (secondary N) is 1. The highest BCUT2D eigenvalue weighted by atomic mass is 16.4. The fourth-order valence-corrected chi connectivity index (χ4v) is 1.57. The van der Waals surface area contributed by atoms with Crippen LogP contribution in [0.25, 0.3) is 6.08 Å². The number of carbonyl (C=O) groups is 2. The van der Waals surface area contributed by atoms with Crippen molar-refractivity contribution in [1.82, 2.24) is 5.32 Å². The van der Waals surface area contributed by atoms with Gasteiger partial charge in [0.1, 0.15) is 5.54 Å². The maximum atomic E-state index is 11.7. The van der Waals surface area contributed by atoms with Gasteiger partial charge in [-0.15, -0.1) is 0 Å². The van der Waals surface area contributed by atoms with Gasteiger partial charge in [-0.3, -0.25) is 4.79 Å². The third kappa shape index (κ3) is 4.53. The van der Waals surface area contributed by atoms with E-state index in [2.05, 4.69) is 19.2 Å². The predicted molar refractivity (Wildman–Crippen MR) is 79.4 cm³/mol. The van der Waals surface area contributed by atoms with Gasteiger partial charge in [-0.05, 0) is 37.0 Å². The number of benzene rings is 1. The lowest BCUT2D eigenvalue weighted by Crippen LogP contribution is -2.49. The van der Waals surface area contributed by atoms with E-state index in [9.17, 15) is 9.59 Å². The van der Waals surface area contributed by atoms with E-state index in [4.69, 9.17) is 5.11 Å². The zero-order chi connectivity index (χ0) is 15.3. The number of hydrogen-bond acceptors (Lipinski definition) is 2. The lowest BCUT2D eigenvalue weighted by molar-refractivity contribution is -0.145. The molecule has 0 saturated heterocycles. The third-order valence-electron chi connectivity index (χ3n) is 3.00. The quantitative estimate of drug-likeness (QED) is 0.812. The van der Waals surface area contributed by atoms with Crippen molar-refractivity contribution in [3.05, 3.63) is 41.5 Å². The van der Waals surface area contributed by atoms with E-state index in [0.717, 1.165) is 5.56 Å². The molecule has 4 nitrogen and oxygen atoms in total. The van der Waals surface area contributed by atoms with Crippen LogP contribution >= 0.6 is 0 Å². The molecule has 0 fully saturated rings. The Morgan fingerprint density at radius 2 is 1.75 bits per heavy atom. The van der Waals surface area contributed by atoms with Gasteiger partial charge in [-0.1, -0.05) is 38.1 Å². The number of aliphatic carboxylic acids is 1. The van der Waals surface area contributed by atoms with E-state index in [1.54, 1.807) is 6.08 Å². The molecule has 1 amide bonds. The number of carbonyl (C=O) groups excluding carboxylic acids is 1. The molecule has 0 aliphatic carbocycles. The standard InChI is InChI=1S/C16H21NO3/c1-11(2)13-8-5-12(6-9-13)7-10-14(18)17-16(3,4)15(19)20/h5-11H,1-4H3,(H,17,18)(H,19,20). The molecule has 0 atom stereocenters. The highest BCUT2D eigenvalue weighted by Crippen LogP contribution is 2.15. The molecule has 0 bridgehead atoms. The summed E-state index contributed by atoms with van der Waals surface area (Å²) in [6.07, 6.45) is 3.01. The molecular weight excluding hydrogens is 254 g/mol. The zero-order valence-corrected chi connectivity index (χ0v) is 12.3. The number of carboxylic acid groups (broad SMARTS) is 1. The van der Waals surface area contributed by atoms with Gasteiger partial charge in [-0.2, -0.15) is 0 Å². The van der Waals surface area contributed by atoms with E-state index in [1.165, 1.54) is 25.5 Å². The molecule has 1 rings (SSSR count). The lowest BCUT2D eigenvalue weighted by atomic mass is 10.0. The first kappa shape index (κ1) is 16.0. The lowest BCUT2D eigenvalue weighted by Gasteiger charge is -2.19. The summed E-state index contributed by atoms with van der Waals surface area (Å²) in [5.41, 5.74) is 0.861. The zero-order valence-electron chi connectivity index (χ0n) is 12.3. The first-order valence-electron chi connectivity index (χ1n) is 6.56. The van der Waals surface area contributed by atoms with E-state index >= 15 is 0 Å². The van der Waals surface area contributed by atoms with Crippen molar-refractivity contribution in [2.24, 2.45) is 0 Å². The molecule has 0 aliphatic rings. The molecule has 20 heavy (non-hydrogen) atoms. The van der Waals surface area contributed by atoms with Crippen molar-refractivity contribution in [3.63, 3.8) is 0 Å². The normalized spacial score (nSPS) is 11.8. The van der Waals surface area contributed by atoms with E-state index in [1.807, 2.05) is 24.3 Å². The summed E-state index contributed by atoms with van der Waals surface area (Å²) >= 11 is 0. The number of amides is 1. The SMILES string of the molecule is CC(C)c1ccc(C=CC(=O)NC(C)(C)C(=O)O)cc1. The minimum absolute atomic E-state index is 0.426. The first-order valence-corrected chi connectivity index (χ1v) is 6.56. The largest absolute Gasteiger partial charge is 0.480 e. The fraction of sp³-hybridized carbons (Fsp3) is 0.375. The Morgan fingerprint density at radius 3 is 2.20 bits per heavy atom. The van der Waals surface area contributed by atoms with Crippen molar-refractivity contribution in [1.29, 1.82) is 0 Å². The van der Waals surface area contributed by atoms with Gasteiger partial charge in [0.2, 0.25) is 5.91 Å². The molecule has 2 N–H and O–H groups in total. The summed E-state index contributed by atoms with van der Waals surface area (Å²) in [4.78, 5) is 22.5. The molecular formula is C16H21NO3. The van der Waals surface area contributed by atoms with Crippen LogP contribution in [0.3, 0.4) is 0 Å². The summed E-state index contributed by atoms with van der Waals surface area (Å²) in [7, 11) is 0. The smallest absolute Gasteiger partial charge is 0.328 e. The summed E-state index contributed by atoms with van der Waals surface area (Å²) in [5.74, 6) is -1.03. The molecule has 0 heterocycles. The Bertz CT molecular complexity index is 513. The fourth-order valence-electron chi connectivity index (χ4n) is 1.57. The van der Waals surface area contributed by atoms with Gasteiger partial charge in [0.15, 0.2) is 0 Å².